The molecule has 1 heterocycles. The fourth-order valence-electron chi connectivity index (χ4n) is 2.24. The van der Waals surface area contributed by atoms with Gasteiger partial charge in [0.15, 0.2) is 0 Å². The normalized spacial score (nSPS) is 10.6. The second-order valence-corrected chi connectivity index (χ2v) is 5.52. The molecule has 3 aromatic rings. The average molecular weight is 345 g/mol. The van der Waals surface area contributed by atoms with Crippen LogP contribution in [0.25, 0.3) is 11.5 Å². The summed E-state index contributed by atoms with van der Waals surface area (Å²) in [7, 11) is 0. The van der Waals surface area contributed by atoms with E-state index in [4.69, 9.17) is 16.0 Å². The zero-order valence-corrected chi connectivity index (χ0v) is 13.4. The topological polar surface area (TPSA) is 55.1 Å². The van der Waals surface area contributed by atoms with Crippen molar-refractivity contribution >= 4 is 17.5 Å². The fourth-order valence-corrected chi connectivity index (χ4v) is 2.49. The van der Waals surface area contributed by atoms with Gasteiger partial charge in [-0.2, -0.15) is 0 Å². The summed E-state index contributed by atoms with van der Waals surface area (Å²) in [5, 5.41) is 2.72. The molecule has 0 aliphatic rings. The van der Waals surface area contributed by atoms with Crippen LogP contribution in [0.4, 0.5) is 4.39 Å². The highest BCUT2D eigenvalue weighted by Gasteiger charge is 2.15. The van der Waals surface area contributed by atoms with E-state index >= 15 is 0 Å². The summed E-state index contributed by atoms with van der Waals surface area (Å²) in [5.74, 6) is -0.674. The van der Waals surface area contributed by atoms with Crippen molar-refractivity contribution in [3.8, 4) is 11.5 Å². The molecule has 0 aliphatic heterocycles. The van der Waals surface area contributed by atoms with Crippen molar-refractivity contribution in [1.82, 2.24) is 10.3 Å². The van der Waals surface area contributed by atoms with Crippen LogP contribution in [0, 0.1) is 5.82 Å². The van der Waals surface area contributed by atoms with Crippen molar-refractivity contribution in [2.24, 2.45) is 0 Å². The molecule has 24 heavy (non-hydrogen) atoms. The zero-order valence-electron chi connectivity index (χ0n) is 12.6. The van der Waals surface area contributed by atoms with Gasteiger partial charge in [0.25, 0.3) is 5.91 Å². The lowest BCUT2D eigenvalue weighted by Crippen LogP contribution is -2.27. The van der Waals surface area contributed by atoms with Crippen LogP contribution < -0.4 is 5.32 Å². The summed E-state index contributed by atoms with van der Waals surface area (Å²) in [6.07, 6.45) is 2.01. The number of nitrogens with one attached hydrogen (secondary N) is 1. The quantitative estimate of drug-likeness (QED) is 0.758. The minimum Gasteiger partial charge on any atom is -0.444 e. The molecule has 2 aromatic carbocycles. The Morgan fingerprint density at radius 3 is 2.71 bits per heavy atom. The SMILES string of the molecule is O=C(NCCc1coc(-c2ccccc2)n1)c1c(F)cccc1Cl. The third-order valence-electron chi connectivity index (χ3n) is 3.43. The summed E-state index contributed by atoms with van der Waals surface area (Å²) in [4.78, 5) is 16.4. The molecule has 0 unspecified atom stereocenters. The van der Waals surface area contributed by atoms with Gasteiger partial charge in [0, 0.05) is 18.5 Å². The van der Waals surface area contributed by atoms with Gasteiger partial charge in [-0.3, -0.25) is 4.79 Å². The van der Waals surface area contributed by atoms with E-state index in [1.165, 1.54) is 18.2 Å². The molecule has 6 heteroatoms. The fraction of sp³-hybridized carbons (Fsp3) is 0.111. The lowest BCUT2D eigenvalue weighted by Gasteiger charge is -2.06. The third kappa shape index (κ3) is 3.63. The van der Waals surface area contributed by atoms with E-state index in [-0.39, 0.29) is 10.6 Å². The number of nitrogens with zero attached hydrogens (tertiary/aromatic N) is 1. The van der Waals surface area contributed by atoms with Crippen LogP contribution in [0.3, 0.4) is 0 Å². The minimum absolute atomic E-state index is 0.0836. The smallest absolute Gasteiger partial charge is 0.255 e. The van der Waals surface area contributed by atoms with Gasteiger partial charge in [0.2, 0.25) is 5.89 Å². The van der Waals surface area contributed by atoms with E-state index in [2.05, 4.69) is 10.3 Å². The van der Waals surface area contributed by atoms with Crippen molar-refractivity contribution < 1.29 is 13.6 Å². The van der Waals surface area contributed by atoms with Crippen LogP contribution in [0.5, 0.6) is 0 Å². The van der Waals surface area contributed by atoms with Gasteiger partial charge >= 0.3 is 0 Å². The lowest BCUT2D eigenvalue weighted by atomic mass is 10.2. The van der Waals surface area contributed by atoms with E-state index in [0.29, 0.717) is 24.6 Å². The summed E-state index contributed by atoms with van der Waals surface area (Å²) in [6, 6.07) is 13.6. The van der Waals surface area contributed by atoms with Gasteiger partial charge in [0.05, 0.1) is 16.3 Å². The van der Waals surface area contributed by atoms with Gasteiger partial charge in [-0.1, -0.05) is 35.9 Å². The number of carbonyl (C=O) groups is 1. The van der Waals surface area contributed by atoms with E-state index < -0.39 is 11.7 Å². The van der Waals surface area contributed by atoms with Crippen LogP contribution in [0.1, 0.15) is 16.1 Å². The standard InChI is InChI=1S/C18H14ClFN2O2/c19-14-7-4-8-15(20)16(14)17(23)21-10-9-13-11-24-18(22-13)12-5-2-1-3-6-12/h1-8,11H,9-10H2,(H,21,23). The number of oxazole rings is 1. The number of carbonyl (C=O) groups excluding carboxylic acids is 1. The largest absolute Gasteiger partial charge is 0.444 e. The highest BCUT2D eigenvalue weighted by Crippen LogP contribution is 2.19. The number of halogens is 2. The highest BCUT2D eigenvalue weighted by molar-refractivity contribution is 6.33. The highest BCUT2D eigenvalue weighted by atomic mass is 35.5. The molecule has 0 aliphatic carbocycles. The van der Waals surface area contributed by atoms with Crippen LogP contribution >= 0.6 is 11.6 Å². The summed E-state index contributed by atoms with van der Waals surface area (Å²) < 4.78 is 19.1. The van der Waals surface area contributed by atoms with Crippen LogP contribution in [-0.4, -0.2) is 17.4 Å². The maximum absolute atomic E-state index is 13.7. The van der Waals surface area contributed by atoms with Crippen molar-refractivity contribution in [2.45, 2.75) is 6.42 Å². The molecule has 0 saturated carbocycles. The van der Waals surface area contributed by atoms with Crippen molar-refractivity contribution in [3.05, 3.63) is 76.9 Å². The van der Waals surface area contributed by atoms with E-state index in [1.807, 2.05) is 30.3 Å². The Morgan fingerprint density at radius 1 is 1.17 bits per heavy atom. The molecule has 0 radical (unpaired) electrons. The maximum Gasteiger partial charge on any atom is 0.255 e. The predicted molar refractivity (Wildman–Crippen MR) is 89.4 cm³/mol. The van der Waals surface area contributed by atoms with Crippen LogP contribution in [0.15, 0.2) is 59.2 Å². The molecule has 0 atom stereocenters. The zero-order chi connectivity index (χ0) is 16.9. The monoisotopic (exact) mass is 344 g/mol. The lowest BCUT2D eigenvalue weighted by molar-refractivity contribution is 0.0950. The predicted octanol–water partition coefficient (Wildman–Crippen LogP) is 4.11. The molecule has 0 spiro atoms. The number of aromatic nitrogens is 1. The number of amides is 1. The molecule has 0 fully saturated rings. The number of benzene rings is 2. The molecule has 4 nitrogen and oxygen atoms in total. The molecule has 3 rings (SSSR count). The van der Waals surface area contributed by atoms with Gasteiger partial charge in [0.1, 0.15) is 12.1 Å². The van der Waals surface area contributed by atoms with Gasteiger partial charge in [-0.25, -0.2) is 9.37 Å². The van der Waals surface area contributed by atoms with E-state index in [9.17, 15) is 9.18 Å². The summed E-state index contributed by atoms with van der Waals surface area (Å²) >= 11 is 5.86. The Hall–Kier alpha value is -2.66. The third-order valence-corrected chi connectivity index (χ3v) is 3.74. The van der Waals surface area contributed by atoms with Crippen molar-refractivity contribution in [2.75, 3.05) is 6.54 Å². The molecule has 1 aromatic heterocycles. The Bertz CT molecular complexity index is 829. The maximum atomic E-state index is 13.7. The minimum atomic E-state index is -0.646. The Kier molecular flexibility index (Phi) is 4.91. The van der Waals surface area contributed by atoms with Gasteiger partial charge in [-0.05, 0) is 24.3 Å². The first-order chi connectivity index (χ1) is 11.6. The molecule has 0 bridgehead atoms. The number of rotatable bonds is 5. The van der Waals surface area contributed by atoms with Crippen LogP contribution in [0.2, 0.25) is 5.02 Å². The second-order valence-electron chi connectivity index (χ2n) is 5.11. The Labute approximate surface area is 143 Å². The molecule has 122 valence electrons. The Morgan fingerprint density at radius 2 is 1.96 bits per heavy atom. The second kappa shape index (κ2) is 7.27. The molecular formula is C18H14ClFN2O2. The van der Waals surface area contributed by atoms with E-state index in [1.54, 1.807) is 6.26 Å². The average Bonchev–Trinajstić information content (AvgIpc) is 3.04. The first kappa shape index (κ1) is 16.2. The van der Waals surface area contributed by atoms with E-state index in [0.717, 1.165) is 5.56 Å². The summed E-state index contributed by atoms with van der Waals surface area (Å²) in [6.45, 7) is 0.296. The first-order valence-corrected chi connectivity index (χ1v) is 7.75. The molecule has 0 saturated heterocycles. The van der Waals surface area contributed by atoms with Gasteiger partial charge in [-0.15, -0.1) is 0 Å². The van der Waals surface area contributed by atoms with Crippen LogP contribution in [-0.2, 0) is 6.42 Å². The first-order valence-electron chi connectivity index (χ1n) is 7.37. The van der Waals surface area contributed by atoms with Crippen molar-refractivity contribution in [1.29, 1.82) is 0 Å². The molecular weight excluding hydrogens is 331 g/mol. The summed E-state index contributed by atoms with van der Waals surface area (Å²) in [5.41, 5.74) is 1.43. The van der Waals surface area contributed by atoms with Gasteiger partial charge < -0.3 is 9.73 Å². The Balaban J connectivity index is 1.59. The van der Waals surface area contributed by atoms with Crippen molar-refractivity contribution in [3.63, 3.8) is 0 Å². The molecule has 1 amide bonds. The number of hydrogen-bond donors (Lipinski definition) is 1. The number of hydrogen-bond acceptors (Lipinski definition) is 3. The molecule has 1 N–H and O–H groups in total.